The van der Waals surface area contributed by atoms with Gasteiger partial charge >= 0.3 is 0 Å². The van der Waals surface area contributed by atoms with Crippen LogP contribution < -0.4 is 10.2 Å². The highest BCUT2D eigenvalue weighted by molar-refractivity contribution is 6.03. The van der Waals surface area contributed by atoms with Crippen LogP contribution in [0.3, 0.4) is 0 Å². The van der Waals surface area contributed by atoms with Crippen LogP contribution in [0.4, 0.5) is 11.4 Å². The minimum Gasteiger partial charge on any atom is -0.392 e. The highest BCUT2D eigenvalue weighted by atomic mass is 16.3. The molecule has 1 aliphatic heterocycles. The summed E-state index contributed by atoms with van der Waals surface area (Å²) < 4.78 is 0. The number of hydrogen-bond acceptors (Lipinski definition) is 3. The predicted octanol–water partition coefficient (Wildman–Crippen LogP) is 4.78. The van der Waals surface area contributed by atoms with Crippen molar-refractivity contribution in [1.82, 2.24) is 0 Å². The van der Waals surface area contributed by atoms with Crippen LogP contribution in [-0.2, 0) is 16.0 Å². The van der Waals surface area contributed by atoms with E-state index in [1.165, 1.54) is 0 Å². The number of likely N-dealkylation sites (N-methyl/N-ethyl adjacent to an activating group) is 1. The predicted molar refractivity (Wildman–Crippen MR) is 124 cm³/mol. The molecule has 2 aromatic carbocycles. The molecule has 0 saturated heterocycles. The van der Waals surface area contributed by atoms with Crippen LogP contribution in [0.2, 0.25) is 0 Å². The van der Waals surface area contributed by atoms with Crippen LogP contribution in [0.1, 0.15) is 51.0 Å². The summed E-state index contributed by atoms with van der Waals surface area (Å²) in [5, 5.41) is 13.7. The van der Waals surface area contributed by atoms with Gasteiger partial charge in [0.05, 0.1) is 24.1 Å². The molecule has 0 aromatic heterocycles. The molecule has 2 unspecified atom stereocenters. The van der Waals surface area contributed by atoms with E-state index in [2.05, 4.69) is 12.2 Å². The maximum Gasteiger partial charge on any atom is 0.231 e. The number of hydrogen-bond donors (Lipinski definition) is 2. The van der Waals surface area contributed by atoms with Crippen LogP contribution in [-0.4, -0.2) is 30.1 Å². The Bertz CT molecular complexity index is 967. The van der Waals surface area contributed by atoms with E-state index in [1.807, 2.05) is 42.5 Å². The number of aliphatic hydroxyl groups excluding tert-OH is 1. The van der Waals surface area contributed by atoms with Crippen LogP contribution in [0.5, 0.6) is 0 Å². The van der Waals surface area contributed by atoms with Crippen molar-refractivity contribution in [3.8, 4) is 11.1 Å². The molecule has 2 atom stereocenters. The lowest BCUT2D eigenvalue weighted by Gasteiger charge is -2.23. The molecule has 0 radical (unpaired) electrons. The molecular formula is C26H32N2O3. The van der Waals surface area contributed by atoms with Crippen LogP contribution in [0.25, 0.3) is 11.1 Å². The molecule has 0 spiro atoms. The fourth-order valence-corrected chi connectivity index (χ4v) is 4.47. The molecule has 1 heterocycles. The summed E-state index contributed by atoms with van der Waals surface area (Å²) >= 11 is 0. The third-order valence-electron chi connectivity index (χ3n) is 6.59. The highest BCUT2D eigenvalue weighted by Gasteiger charge is 2.34. The number of nitrogens with one attached hydrogen (secondary N) is 1. The number of unbranched alkanes of at least 4 members (excludes halogenated alkanes) is 1. The SMILES string of the molecule is CCCCC(O)C(CC1CC1)C(=O)Nc1ccc2c(c1)N(C)C(=O)Cc1ccccc1-2. The minimum absolute atomic E-state index is 0.0243. The zero-order chi connectivity index (χ0) is 22.0. The van der Waals surface area contributed by atoms with Crippen LogP contribution in [0.15, 0.2) is 42.5 Å². The van der Waals surface area contributed by atoms with Gasteiger partial charge in [-0.1, -0.05) is 62.9 Å². The Morgan fingerprint density at radius 3 is 2.71 bits per heavy atom. The highest BCUT2D eigenvalue weighted by Crippen LogP contribution is 2.39. The zero-order valence-corrected chi connectivity index (χ0v) is 18.4. The summed E-state index contributed by atoms with van der Waals surface area (Å²) in [5.41, 5.74) is 4.50. The van der Waals surface area contributed by atoms with E-state index in [4.69, 9.17) is 0 Å². The van der Waals surface area contributed by atoms with E-state index in [0.717, 1.165) is 54.5 Å². The second-order valence-electron chi connectivity index (χ2n) is 9.00. The Kier molecular flexibility index (Phi) is 6.42. The molecule has 2 N–H and O–H groups in total. The van der Waals surface area contributed by atoms with Gasteiger partial charge in [-0.05, 0) is 42.0 Å². The first-order chi connectivity index (χ1) is 15.0. The molecule has 1 fully saturated rings. The van der Waals surface area contributed by atoms with E-state index in [9.17, 15) is 14.7 Å². The Balaban J connectivity index is 1.59. The van der Waals surface area contributed by atoms with Crippen molar-refractivity contribution < 1.29 is 14.7 Å². The number of anilines is 2. The van der Waals surface area contributed by atoms with Crippen molar-refractivity contribution in [1.29, 1.82) is 0 Å². The Hall–Kier alpha value is -2.66. The van der Waals surface area contributed by atoms with E-state index in [-0.39, 0.29) is 11.8 Å². The van der Waals surface area contributed by atoms with Crippen molar-refractivity contribution >= 4 is 23.2 Å². The molecule has 2 aliphatic rings. The number of amides is 2. The van der Waals surface area contributed by atoms with E-state index >= 15 is 0 Å². The lowest BCUT2D eigenvalue weighted by molar-refractivity contribution is -0.124. The Labute approximate surface area is 184 Å². The monoisotopic (exact) mass is 420 g/mol. The van der Waals surface area contributed by atoms with Gasteiger partial charge in [0.1, 0.15) is 0 Å². The summed E-state index contributed by atoms with van der Waals surface area (Å²) in [6.07, 6.45) is 5.36. The standard InChI is InChI=1S/C26H32N2O3/c1-3-4-9-24(29)22(14-17-10-11-17)26(31)27-19-12-13-21-20-8-6-5-7-18(20)15-25(30)28(2)23(21)16-19/h5-8,12-13,16-17,22,24,29H,3-4,9-11,14-15H2,1-2H3,(H,27,31). The molecule has 1 aliphatic carbocycles. The van der Waals surface area contributed by atoms with Gasteiger partial charge in [0.2, 0.25) is 11.8 Å². The first kappa shape index (κ1) is 21.6. The molecule has 4 rings (SSSR count). The van der Waals surface area contributed by atoms with E-state index in [0.29, 0.717) is 24.4 Å². The van der Waals surface area contributed by atoms with Gasteiger partial charge in [-0.2, -0.15) is 0 Å². The Morgan fingerprint density at radius 1 is 1.19 bits per heavy atom. The average molecular weight is 421 g/mol. The molecule has 5 heteroatoms. The first-order valence-corrected chi connectivity index (χ1v) is 11.5. The second kappa shape index (κ2) is 9.23. The lowest BCUT2D eigenvalue weighted by Crippen LogP contribution is -2.33. The molecule has 2 aromatic rings. The topological polar surface area (TPSA) is 69.6 Å². The van der Waals surface area contributed by atoms with Gasteiger partial charge < -0.3 is 15.3 Å². The van der Waals surface area contributed by atoms with Crippen LogP contribution in [0, 0.1) is 11.8 Å². The maximum absolute atomic E-state index is 13.1. The largest absolute Gasteiger partial charge is 0.392 e. The van der Waals surface area contributed by atoms with Gasteiger partial charge in [0.15, 0.2) is 0 Å². The molecule has 2 amide bonds. The molecule has 0 bridgehead atoms. The summed E-state index contributed by atoms with van der Waals surface area (Å²) in [5.74, 6) is 0.0620. The van der Waals surface area contributed by atoms with Crippen molar-refractivity contribution in [3.63, 3.8) is 0 Å². The summed E-state index contributed by atoms with van der Waals surface area (Å²) in [6, 6.07) is 13.7. The summed E-state index contributed by atoms with van der Waals surface area (Å²) in [7, 11) is 1.78. The number of aliphatic hydroxyl groups is 1. The van der Waals surface area contributed by atoms with Gasteiger partial charge in [0.25, 0.3) is 0 Å². The number of rotatable bonds is 8. The number of nitrogens with zero attached hydrogens (tertiary/aromatic N) is 1. The maximum atomic E-state index is 13.1. The molecule has 31 heavy (non-hydrogen) atoms. The number of benzene rings is 2. The second-order valence-corrected chi connectivity index (χ2v) is 9.00. The normalized spacial score (nSPS) is 17.4. The van der Waals surface area contributed by atoms with Gasteiger partial charge in [0, 0.05) is 18.3 Å². The quantitative estimate of drug-likeness (QED) is 0.646. The van der Waals surface area contributed by atoms with Crippen molar-refractivity contribution in [2.45, 2.75) is 58.0 Å². The van der Waals surface area contributed by atoms with Crippen molar-refractivity contribution in [2.75, 3.05) is 17.3 Å². The first-order valence-electron chi connectivity index (χ1n) is 11.5. The zero-order valence-electron chi connectivity index (χ0n) is 18.4. The lowest BCUT2D eigenvalue weighted by atomic mass is 9.91. The third kappa shape index (κ3) is 4.82. The number of carbonyl (C=O) groups is 2. The fourth-order valence-electron chi connectivity index (χ4n) is 4.47. The molecule has 164 valence electrons. The fraction of sp³-hybridized carbons (Fsp3) is 0.462. The van der Waals surface area contributed by atoms with Gasteiger partial charge in [-0.3, -0.25) is 9.59 Å². The van der Waals surface area contributed by atoms with E-state index < -0.39 is 12.0 Å². The number of fused-ring (bicyclic) bond motifs is 3. The summed E-state index contributed by atoms with van der Waals surface area (Å²) in [6.45, 7) is 2.09. The van der Waals surface area contributed by atoms with Gasteiger partial charge in [-0.25, -0.2) is 0 Å². The van der Waals surface area contributed by atoms with Crippen molar-refractivity contribution in [3.05, 3.63) is 48.0 Å². The molecular weight excluding hydrogens is 388 g/mol. The van der Waals surface area contributed by atoms with Crippen LogP contribution >= 0.6 is 0 Å². The average Bonchev–Trinajstić information content (AvgIpc) is 3.60. The smallest absolute Gasteiger partial charge is 0.231 e. The van der Waals surface area contributed by atoms with Gasteiger partial charge in [-0.15, -0.1) is 0 Å². The molecule has 1 saturated carbocycles. The van der Waals surface area contributed by atoms with E-state index in [1.54, 1.807) is 11.9 Å². The van der Waals surface area contributed by atoms with Crippen molar-refractivity contribution in [2.24, 2.45) is 11.8 Å². The molecule has 5 nitrogen and oxygen atoms in total. The summed E-state index contributed by atoms with van der Waals surface area (Å²) in [4.78, 5) is 27.5. The third-order valence-corrected chi connectivity index (χ3v) is 6.59. The minimum atomic E-state index is -0.613. The number of carbonyl (C=O) groups excluding carboxylic acids is 2. The Morgan fingerprint density at radius 2 is 1.97 bits per heavy atom.